The van der Waals surface area contributed by atoms with Crippen molar-refractivity contribution in [2.24, 2.45) is 5.73 Å². The Labute approximate surface area is 125 Å². The minimum atomic E-state index is -0.377. The topological polar surface area (TPSA) is 32.5 Å². The summed E-state index contributed by atoms with van der Waals surface area (Å²) in [6.07, 6.45) is 2.27. The van der Waals surface area contributed by atoms with Crippen molar-refractivity contribution in [2.75, 3.05) is 33.7 Å². The highest BCUT2D eigenvalue weighted by Gasteiger charge is 2.26. The summed E-state index contributed by atoms with van der Waals surface area (Å²) in [4.78, 5) is 4.66. The van der Waals surface area contributed by atoms with Crippen molar-refractivity contribution in [1.82, 2.24) is 9.80 Å². The van der Waals surface area contributed by atoms with Crippen LogP contribution in [0.3, 0.4) is 0 Å². The molecule has 0 aromatic heterocycles. The summed E-state index contributed by atoms with van der Waals surface area (Å²) in [6, 6.07) is 5.67. The first-order valence-electron chi connectivity index (χ1n) is 7.08. The lowest BCUT2D eigenvalue weighted by Gasteiger charge is -2.39. The molecular formula is C15H23ClFN3. The van der Waals surface area contributed by atoms with Gasteiger partial charge in [-0.25, -0.2) is 4.39 Å². The molecule has 1 saturated heterocycles. The number of rotatable bonds is 4. The van der Waals surface area contributed by atoms with E-state index in [4.69, 9.17) is 17.3 Å². The maximum absolute atomic E-state index is 13.3. The number of hydrogen-bond acceptors (Lipinski definition) is 3. The van der Waals surface area contributed by atoms with Gasteiger partial charge in [0.25, 0.3) is 0 Å². The van der Waals surface area contributed by atoms with Gasteiger partial charge in [-0.3, -0.25) is 4.90 Å². The van der Waals surface area contributed by atoms with Crippen molar-refractivity contribution >= 4 is 11.6 Å². The van der Waals surface area contributed by atoms with Gasteiger partial charge in [0.05, 0.1) is 5.02 Å². The Morgan fingerprint density at radius 2 is 2.05 bits per heavy atom. The summed E-state index contributed by atoms with van der Waals surface area (Å²) >= 11 is 5.88. The van der Waals surface area contributed by atoms with Gasteiger partial charge in [-0.2, -0.15) is 0 Å². The van der Waals surface area contributed by atoms with Gasteiger partial charge in [-0.1, -0.05) is 17.7 Å². The van der Waals surface area contributed by atoms with Gasteiger partial charge in [0.2, 0.25) is 0 Å². The molecule has 0 spiro atoms. The van der Waals surface area contributed by atoms with E-state index >= 15 is 0 Å². The fourth-order valence-electron chi connectivity index (χ4n) is 2.93. The molecule has 0 aliphatic carbocycles. The SMILES string of the molecule is CN(C)C1CCN(C(CN)c2ccc(F)c(Cl)c2)CC1. The van der Waals surface area contributed by atoms with Crippen LogP contribution in [0.25, 0.3) is 0 Å². The van der Waals surface area contributed by atoms with Crippen molar-refractivity contribution in [1.29, 1.82) is 0 Å². The molecule has 1 unspecified atom stereocenters. The summed E-state index contributed by atoms with van der Waals surface area (Å²) in [6.45, 7) is 2.55. The van der Waals surface area contributed by atoms with Gasteiger partial charge in [-0.05, 0) is 44.6 Å². The second-order valence-electron chi connectivity index (χ2n) is 5.66. The maximum atomic E-state index is 13.3. The van der Waals surface area contributed by atoms with Crippen LogP contribution in [0, 0.1) is 5.82 Å². The number of piperidine rings is 1. The van der Waals surface area contributed by atoms with Crippen LogP contribution in [0.2, 0.25) is 5.02 Å². The number of halogens is 2. The summed E-state index contributed by atoms with van der Waals surface area (Å²) in [7, 11) is 4.25. The molecule has 1 fully saturated rings. The first-order chi connectivity index (χ1) is 9.52. The molecule has 112 valence electrons. The fourth-order valence-corrected chi connectivity index (χ4v) is 3.12. The van der Waals surface area contributed by atoms with Crippen molar-refractivity contribution in [3.05, 3.63) is 34.6 Å². The fraction of sp³-hybridized carbons (Fsp3) is 0.600. The highest BCUT2D eigenvalue weighted by atomic mass is 35.5. The van der Waals surface area contributed by atoms with E-state index in [1.807, 2.05) is 0 Å². The number of benzene rings is 1. The van der Waals surface area contributed by atoms with Gasteiger partial charge in [0.15, 0.2) is 0 Å². The van der Waals surface area contributed by atoms with E-state index in [1.165, 1.54) is 6.07 Å². The second kappa shape index (κ2) is 6.85. The maximum Gasteiger partial charge on any atom is 0.141 e. The highest BCUT2D eigenvalue weighted by Crippen LogP contribution is 2.27. The van der Waals surface area contributed by atoms with Gasteiger partial charge in [0.1, 0.15) is 5.82 Å². The Balaban J connectivity index is 2.07. The van der Waals surface area contributed by atoms with Crippen molar-refractivity contribution in [3.63, 3.8) is 0 Å². The average Bonchev–Trinajstić information content (AvgIpc) is 2.44. The van der Waals surface area contributed by atoms with Crippen molar-refractivity contribution < 1.29 is 4.39 Å². The molecule has 1 aliphatic rings. The lowest BCUT2D eigenvalue weighted by atomic mass is 9.98. The minimum Gasteiger partial charge on any atom is -0.329 e. The van der Waals surface area contributed by atoms with Crippen molar-refractivity contribution in [3.8, 4) is 0 Å². The van der Waals surface area contributed by atoms with Crippen LogP contribution in [-0.4, -0.2) is 49.6 Å². The van der Waals surface area contributed by atoms with Crippen LogP contribution in [0.1, 0.15) is 24.4 Å². The number of nitrogens with two attached hydrogens (primary N) is 1. The summed E-state index contributed by atoms with van der Waals surface area (Å²) in [5.74, 6) is -0.377. The van der Waals surface area contributed by atoms with Gasteiger partial charge in [-0.15, -0.1) is 0 Å². The van der Waals surface area contributed by atoms with E-state index in [-0.39, 0.29) is 16.9 Å². The smallest absolute Gasteiger partial charge is 0.141 e. The first-order valence-corrected chi connectivity index (χ1v) is 7.46. The molecule has 0 radical (unpaired) electrons. The molecule has 1 heterocycles. The normalized spacial score (nSPS) is 19.5. The zero-order valence-corrected chi connectivity index (χ0v) is 12.9. The highest BCUT2D eigenvalue weighted by molar-refractivity contribution is 6.30. The van der Waals surface area contributed by atoms with Crippen LogP contribution in [0.4, 0.5) is 4.39 Å². The van der Waals surface area contributed by atoms with E-state index in [0.717, 1.165) is 31.5 Å². The molecule has 20 heavy (non-hydrogen) atoms. The summed E-state index contributed by atoms with van der Waals surface area (Å²) in [5.41, 5.74) is 6.93. The molecule has 5 heteroatoms. The third-order valence-electron chi connectivity index (χ3n) is 4.22. The predicted molar refractivity (Wildman–Crippen MR) is 81.5 cm³/mol. The zero-order chi connectivity index (χ0) is 14.7. The number of likely N-dealkylation sites (tertiary alicyclic amines) is 1. The molecule has 0 amide bonds. The Morgan fingerprint density at radius 3 is 2.55 bits per heavy atom. The largest absolute Gasteiger partial charge is 0.329 e. The lowest BCUT2D eigenvalue weighted by Crippen LogP contribution is -2.45. The first kappa shape index (κ1) is 15.7. The Morgan fingerprint density at radius 1 is 1.40 bits per heavy atom. The molecule has 1 aliphatic heterocycles. The van der Waals surface area contributed by atoms with Crippen molar-refractivity contribution in [2.45, 2.75) is 24.9 Å². The van der Waals surface area contributed by atoms with Gasteiger partial charge < -0.3 is 10.6 Å². The monoisotopic (exact) mass is 299 g/mol. The van der Waals surface area contributed by atoms with Crippen LogP contribution in [0.5, 0.6) is 0 Å². The Hall–Kier alpha value is -0.680. The molecular weight excluding hydrogens is 277 g/mol. The van der Waals surface area contributed by atoms with Crippen LogP contribution >= 0.6 is 11.6 Å². The second-order valence-corrected chi connectivity index (χ2v) is 6.06. The molecule has 3 nitrogen and oxygen atoms in total. The Bertz CT molecular complexity index is 445. The molecule has 1 aromatic carbocycles. The minimum absolute atomic E-state index is 0.121. The summed E-state index contributed by atoms with van der Waals surface area (Å²) in [5, 5.41) is 0.170. The number of nitrogens with zero attached hydrogens (tertiary/aromatic N) is 2. The molecule has 1 aromatic rings. The van der Waals surface area contributed by atoms with Crippen LogP contribution < -0.4 is 5.73 Å². The molecule has 2 N–H and O–H groups in total. The molecule has 0 saturated carbocycles. The van der Waals surface area contributed by atoms with Gasteiger partial charge >= 0.3 is 0 Å². The zero-order valence-electron chi connectivity index (χ0n) is 12.1. The average molecular weight is 300 g/mol. The lowest BCUT2D eigenvalue weighted by molar-refractivity contribution is 0.111. The van der Waals surface area contributed by atoms with E-state index in [2.05, 4.69) is 23.9 Å². The summed E-state index contributed by atoms with van der Waals surface area (Å²) < 4.78 is 13.3. The standard InChI is InChI=1S/C15H23ClFN3/c1-19(2)12-5-7-20(8-6-12)15(10-18)11-3-4-14(17)13(16)9-11/h3-4,9,12,15H,5-8,10,18H2,1-2H3. The predicted octanol–water partition coefficient (Wildman–Crippen LogP) is 2.50. The number of hydrogen-bond donors (Lipinski definition) is 1. The quantitative estimate of drug-likeness (QED) is 0.927. The third-order valence-corrected chi connectivity index (χ3v) is 4.51. The van der Waals surface area contributed by atoms with E-state index in [9.17, 15) is 4.39 Å². The molecule has 0 bridgehead atoms. The molecule has 1 atom stereocenters. The van der Waals surface area contributed by atoms with Crippen LogP contribution in [0.15, 0.2) is 18.2 Å². The van der Waals surface area contributed by atoms with Crippen LogP contribution in [-0.2, 0) is 0 Å². The van der Waals surface area contributed by atoms with E-state index in [1.54, 1.807) is 12.1 Å². The Kier molecular flexibility index (Phi) is 5.38. The third kappa shape index (κ3) is 3.50. The molecule has 2 rings (SSSR count). The van der Waals surface area contributed by atoms with E-state index < -0.39 is 0 Å². The van der Waals surface area contributed by atoms with E-state index in [0.29, 0.717) is 12.6 Å². The van der Waals surface area contributed by atoms with Gasteiger partial charge in [0, 0.05) is 31.7 Å².